The summed E-state index contributed by atoms with van der Waals surface area (Å²) in [7, 11) is 0. The molecule has 2 rings (SSSR count). The molecule has 0 spiro atoms. The van der Waals surface area contributed by atoms with E-state index >= 15 is 0 Å². The third-order valence-electron chi connectivity index (χ3n) is 3.11. The fourth-order valence-electron chi connectivity index (χ4n) is 2.11. The van der Waals surface area contributed by atoms with E-state index in [0.29, 0.717) is 0 Å². The van der Waals surface area contributed by atoms with Gasteiger partial charge in [-0.05, 0) is 25.1 Å². The Kier molecular flexibility index (Phi) is 3.63. The lowest BCUT2D eigenvalue weighted by atomic mass is 9.95. The Morgan fingerprint density at radius 1 is 1.50 bits per heavy atom. The molecule has 0 radical (unpaired) electrons. The first-order valence-corrected chi connectivity index (χ1v) is 6.01. The predicted octanol–water partition coefficient (Wildman–Crippen LogP) is 0.724. The summed E-state index contributed by atoms with van der Waals surface area (Å²) in [6.07, 6.45) is 0. The fourth-order valence-corrected chi connectivity index (χ4v) is 2.11. The van der Waals surface area contributed by atoms with Crippen molar-refractivity contribution in [2.45, 2.75) is 12.5 Å². The van der Waals surface area contributed by atoms with Crippen molar-refractivity contribution in [3.63, 3.8) is 0 Å². The van der Waals surface area contributed by atoms with Crippen LogP contribution >= 0.6 is 0 Å². The highest BCUT2D eigenvalue weighted by Crippen LogP contribution is 2.27. The van der Waals surface area contributed by atoms with Crippen molar-refractivity contribution in [3.8, 4) is 0 Å². The summed E-state index contributed by atoms with van der Waals surface area (Å²) in [4.78, 5) is 23.9. The molecule has 1 amide bonds. The van der Waals surface area contributed by atoms with Gasteiger partial charge in [-0.3, -0.25) is 4.79 Å². The van der Waals surface area contributed by atoms with Crippen molar-refractivity contribution in [2.75, 3.05) is 25.4 Å². The summed E-state index contributed by atoms with van der Waals surface area (Å²) in [5.41, 5.74) is 4.92. The van der Waals surface area contributed by atoms with Crippen LogP contribution in [0.4, 0.5) is 10.1 Å². The third-order valence-corrected chi connectivity index (χ3v) is 3.11. The average molecular weight is 282 g/mol. The second-order valence-electron chi connectivity index (χ2n) is 5.03. The van der Waals surface area contributed by atoms with E-state index in [9.17, 15) is 14.0 Å². The highest BCUT2D eigenvalue weighted by atomic mass is 19.1. The highest BCUT2D eigenvalue weighted by Gasteiger charge is 2.43. The summed E-state index contributed by atoms with van der Waals surface area (Å²) in [5.74, 6) is -2.20. The number of nitrogen functional groups attached to an aromatic ring is 1. The summed E-state index contributed by atoms with van der Waals surface area (Å²) in [6, 6.07) is 3.88. The molecule has 1 aliphatic rings. The molecule has 0 saturated carbocycles. The molecule has 1 fully saturated rings. The number of nitrogens with two attached hydrogens (primary N) is 1. The molecular formula is C13H15FN2O4. The number of amides is 1. The normalized spacial score (nSPS) is 16.6. The van der Waals surface area contributed by atoms with E-state index in [2.05, 4.69) is 0 Å². The van der Waals surface area contributed by atoms with Crippen molar-refractivity contribution in [1.29, 1.82) is 0 Å². The van der Waals surface area contributed by atoms with Crippen LogP contribution in [0.15, 0.2) is 18.2 Å². The van der Waals surface area contributed by atoms with Gasteiger partial charge in [0.05, 0.1) is 18.7 Å². The second-order valence-corrected chi connectivity index (χ2v) is 5.03. The van der Waals surface area contributed by atoms with Crippen LogP contribution in [0.25, 0.3) is 0 Å². The number of ether oxygens (including phenoxy) is 1. The number of anilines is 1. The van der Waals surface area contributed by atoms with Crippen LogP contribution in [-0.2, 0) is 9.53 Å². The number of nitrogens with zero attached hydrogens (tertiary/aromatic N) is 1. The minimum Gasteiger partial charge on any atom is -0.480 e. The quantitative estimate of drug-likeness (QED) is 0.794. The second kappa shape index (κ2) is 5.09. The van der Waals surface area contributed by atoms with Gasteiger partial charge < -0.3 is 20.5 Å². The van der Waals surface area contributed by atoms with Crippen LogP contribution in [0.5, 0.6) is 0 Å². The van der Waals surface area contributed by atoms with Crippen LogP contribution in [0.1, 0.15) is 17.3 Å². The molecule has 0 atom stereocenters. The molecule has 3 N–H and O–H groups in total. The number of carbonyl (C=O) groups excluding carboxylic acids is 1. The zero-order valence-corrected chi connectivity index (χ0v) is 10.9. The molecule has 20 heavy (non-hydrogen) atoms. The van der Waals surface area contributed by atoms with Gasteiger partial charge in [0, 0.05) is 5.69 Å². The monoisotopic (exact) mass is 282 g/mol. The van der Waals surface area contributed by atoms with E-state index in [-0.39, 0.29) is 24.3 Å². The zero-order chi connectivity index (χ0) is 14.9. The van der Waals surface area contributed by atoms with Crippen molar-refractivity contribution >= 4 is 17.6 Å². The topological polar surface area (TPSA) is 92.9 Å². The van der Waals surface area contributed by atoms with Gasteiger partial charge in [0.1, 0.15) is 18.0 Å². The van der Waals surface area contributed by atoms with Gasteiger partial charge in [-0.1, -0.05) is 0 Å². The standard InChI is InChI=1S/C13H15FN2O4/c1-13(20-5-11(17)18)6-16(7-13)12(19)9-3-2-8(15)4-10(9)14/h2-4H,5-7,15H2,1H3,(H,17,18). The van der Waals surface area contributed by atoms with Crippen LogP contribution < -0.4 is 5.73 Å². The smallest absolute Gasteiger partial charge is 0.329 e. The lowest BCUT2D eigenvalue weighted by Crippen LogP contribution is -2.63. The van der Waals surface area contributed by atoms with E-state index in [4.69, 9.17) is 15.6 Å². The van der Waals surface area contributed by atoms with Crippen LogP contribution in [0.2, 0.25) is 0 Å². The Balaban J connectivity index is 1.98. The first-order chi connectivity index (χ1) is 9.31. The maximum Gasteiger partial charge on any atom is 0.329 e. The Hall–Kier alpha value is -2.15. The largest absolute Gasteiger partial charge is 0.480 e. The molecular weight excluding hydrogens is 267 g/mol. The first-order valence-electron chi connectivity index (χ1n) is 6.01. The van der Waals surface area contributed by atoms with Crippen molar-refractivity contribution in [3.05, 3.63) is 29.6 Å². The highest BCUT2D eigenvalue weighted by molar-refractivity contribution is 5.95. The van der Waals surface area contributed by atoms with Gasteiger partial charge in [-0.25, -0.2) is 9.18 Å². The molecule has 7 heteroatoms. The number of carboxylic acids is 1. The Morgan fingerprint density at radius 3 is 2.70 bits per heavy atom. The first kappa shape index (κ1) is 14.3. The number of hydrogen-bond donors (Lipinski definition) is 2. The molecule has 0 aromatic heterocycles. The van der Waals surface area contributed by atoms with Gasteiger partial charge in [0.15, 0.2) is 0 Å². The molecule has 1 aromatic rings. The number of halogens is 1. The Morgan fingerprint density at radius 2 is 2.15 bits per heavy atom. The van der Waals surface area contributed by atoms with Gasteiger partial charge >= 0.3 is 5.97 Å². The van der Waals surface area contributed by atoms with Crippen LogP contribution in [-0.4, -0.2) is 47.2 Å². The molecule has 0 aliphatic carbocycles. The SMILES string of the molecule is CC1(OCC(=O)O)CN(C(=O)c2ccc(N)cc2F)C1. The van der Waals surface area contributed by atoms with E-state index < -0.39 is 29.9 Å². The van der Waals surface area contributed by atoms with Crippen LogP contribution in [0, 0.1) is 5.82 Å². The van der Waals surface area contributed by atoms with E-state index in [0.717, 1.165) is 6.07 Å². The maximum absolute atomic E-state index is 13.6. The van der Waals surface area contributed by atoms with Gasteiger partial charge in [0.2, 0.25) is 0 Å². The number of carboxylic acid groups (broad SMARTS) is 1. The number of hydrogen-bond acceptors (Lipinski definition) is 4. The third kappa shape index (κ3) is 2.88. The lowest BCUT2D eigenvalue weighted by Gasteiger charge is -2.47. The van der Waals surface area contributed by atoms with Gasteiger partial charge in [0.25, 0.3) is 5.91 Å². The van der Waals surface area contributed by atoms with Gasteiger partial charge in [-0.2, -0.15) is 0 Å². The molecule has 1 saturated heterocycles. The van der Waals surface area contributed by atoms with Crippen molar-refractivity contribution in [2.24, 2.45) is 0 Å². The minimum absolute atomic E-state index is 0.0560. The molecule has 1 aromatic carbocycles. The minimum atomic E-state index is -1.07. The number of carbonyl (C=O) groups is 2. The zero-order valence-electron chi connectivity index (χ0n) is 10.9. The van der Waals surface area contributed by atoms with Crippen LogP contribution in [0.3, 0.4) is 0 Å². The van der Waals surface area contributed by atoms with Crippen molar-refractivity contribution < 1.29 is 23.8 Å². The van der Waals surface area contributed by atoms with E-state index in [1.54, 1.807) is 6.92 Å². The Bertz CT molecular complexity index is 555. The fraction of sp³-hybridized carbons (Fsp3) is 0.385. The predicted molar refractivity (Wildman–Crippen MR) is 68.7 cm³/mol. The summed E-state index contributed by atoms with van der Waals surface area (Å²) in [5, 5.41) is 8.54. The summed E-state index contributed by atoms with van der Waals surface area (Å²) < 4.78 is 18.8. The summed E-state index contributed by atoms with van der Waals surface area (Å²) in [6.45, 7) is 1.74. The number of aliphatic carboxylic acids is 1. The molecule has 0 unspecified atom stereocenters. The summed E-state index contributed by atoms with van der Waals surface area (Å²) >= 11 is 0. The molecule has 1 heterocycles. The number of benzene rings is 1. The van der Waals surface area contributed by atoms with Gasteiger partial charge in [-0.15, -0.1) is 0 Å². The van der Waals surface area contributed by atoms with E-state index in [1.165, 1.54) is 17.0 Å². The molecule has 0 bridgehead atoms. The number of rotatable bonds is 4. The lowest BCUT2D eigenvalue weighted by molar-refractivity contribution is -0.159. The Labute approximate surface area is 114 Å². The number of likely N-dealkylation sites (tertiary alicyclic amines) is 1. The average Bonchev–Trinajstić information content (AvgIpc) is 2.32. The molecule has 108 valence electrons. The van der Waals surface area contributed by atoms with E-state index in [1.807, 2.05) is 0 Å². The molecule has 1 aliphatic heterocycles. The molecule has 6 nitrogen and oxygen atoms in total. The maximum atomic E-state index is 13.6. The van der Waals surface area contributed by atoms with Crippen molar-refractivity contribution in [1.82, 2.24) is 4.90 Å².